The fraction of sp³-hybridized carbons (Fsp3) is 0.469. The van der Waals surface area contributed by atoms with E-state index in [-0.39, 0.29) is 21.7 Å². The predicted octanol–water partition coefficient (Wildman–Crippen LogP) is 5.31. The maximum Gasteiger partial charge on any atom is 0.347 e. The van der Waals surface area contributed by atoms with Crippen molar-refractivity contribution in [3.63, 3.8) is 0 Å². The molecule has 9 nitrogen and oxygen atoms in total. The van der Waals surface area contributed by atoms with E-state index in [2.05, 4.69) is 40.2 Å². The van der Waals surface area contributed by atoms with Crippen molar-refractivity contribution < 1.29 is 4.39 Å². The molecule has 0 amide bonds. The second-order valence-electron chi connectivity index (χ2n) is 11.6. The van der Waals surface area contributed by atoms with Crippen LogP contribution in [0.1, 0.15) is 51.3 Å². The monoisotopic (exact) mass is 606 g/mol. The smallest absolute Gasteiger partial charge is 0.347 e. The Balaban J connectivity index is 0.000000406. The fourth-order valence-corrected chi connectivity index (χ4v) is 6.68. The maximum absolute atomic E-state index is 16.3. The first-order valence-corrected chi connectivity index (χ1v) is 15.4. The summed E-state index contributed by atoms with van der Waals surface area (Å²) in [5.41, 5.74) is 8.14. The summed E-state index contributed by atoms with van der Waals surface area (Å²) < 4.78 is 18.2. The van der Waals surface area contributed by atoms with Crippen LogP contribution in [0.15, 0.2) is 23.0 Å². The molecule has 3 aliphatic heterocycles. The van der Waals surface area contributed by atoms with Crippen LogP contribution >= 0.6 is 11.6 Å². The van der Waals surface area contributed by atoms with Gasteiger partial charge in [-0.1, -0.05) is 25.4 Å². The van der Waals surface area contributed by atoms with E-state index in [0.717, 1.165) is 30.1 Å². The Morgan fingerprint density at radius 3 is 2.35 bits per heavy atom. The molecule has 43 heavy (non-hydrogen) atoms. The number of anilines is 2. The van der Waals surface area contributed by atoms with E-state index < -0.39 is 11.5 Å². The number of nitrogens with two attached hydrogens (primary N) is 1. The second kappa shape index (κ2) is 12.2. The average Bonchev–Trinajstić information content (AvgIpc) is 3.47. The summed E-state index contributed by atoms with van der Waals surface area (Å²) in [5, 5.41) is 14.5. The zero-order chi connectivity index (χ0) is 31.2. The molecular weight excluding hydrogens is 567 g/mol. The van der Waals surface area contributed by atoms with Crippen molar-refractivity contribution in [2.24, 2.45) is 7.05 Å². The second-order valence-corrected chi connectivity index (χ2v) is 12.0. The van der Waals surface area contributed by atoms with Gasteiger partial charge in [-0.05, 0) is 64.9 Å². The van der Waals surface area contributed by atoms with Crippen LogP contribution in [-0.4, -0.2) is 64.2 Å². The molecule has 0 spiro atoms. The van der Waals surface area contributed by atoms with Crippen molar-refractivity contribution in [2.75, 3.05) is 37.3 Å². The van der Waals surface area contributed by atoms with Gasteiger partial charge in [0.1, 0.15) is 11.9 Å². The molecule has 2 aromatic carbocycles. The Kier molecular flexibility index (Phi) is 8.70. The van der Waals surface area contributed by atoms with E-state index in [9.17, 15) is 10.1 Å². The first-order chi connectivity index (χ1) is 20.6. The van der Waals surface area contributed by atoms with E-state index in [4.69, 9.17) is 17.3 Å². The third-order valence-electron chi connectivity index (χ3n) is 9.12. The number of nitrogens with zero attached hydrogens (tertiary/aromatic N) is 5. The summed E-state index contributed by atoms with van der Waals surface area (Å²) in [6, 6.07) is 8.79. The van der Waals surface area contributed by atoms with E-state index in [0.29, 0.717) is 53.0 Å². The van der Waals surface area contributed by atoms with Gasteiger partial charge in [-0.3, -0.25) is 0 Å². The molecule has 228 valence electrons. The minimum Gasteiger partial charge on any atom is -0.398 e. The lowest BCUT2D eigenvalue weighted by molar-refractivity contribution is 0.143. The molecule has 11 heteroatoms. The Hall–Kier alpha value is -3.65. The van der Waals surface area contributed by atoms with Gasteiger partial charge in [0.05, 0.1) is 27.3 Å². The minimum absolute atomic E-state index is 0.0455. The fourth-order valence-electron chi connectivity index (χ4n) is 6.39. The van der Waals surface area contributed by atoms with E-state index in [1.54, 1.807) is 18.2 Å². The number of piperazine rings is 1. The van der Waals surface area contributed by atoms with E-state index in [1.165, 1.54) is 13.0 Å². The number of nitriles is 1. The van der Waals surface area contributed by atoms with Crippen molar-refractivity contribution >= 4 is 44.9 Å². The third kappa shape index (κ3) is 5.35. The number of halogens is 2. The van der Waals surface area contributed by atoms with Crippen molar-refractivity contribution in [1.29, 1.82) is 5.26 Å². The largest absolute Gasteiger partial charge is 0.398 e. The molecule has 0 radical (unpaired) electrons. The number of nitrogens with one attached hydrogen (secondary N) is 2. The van der Waals surface area contributed by atoms with Gasteiger partial charge < -0.3 is 30.4 Å². The number of likely N-dealkylation sites (tertiary alicyclic amines) is 1. The van der Waals surface area contributed by atoms with Crippen LogP contribution in [0.5, 0.6) is 0 Å². The SMILES string of the molecule is CC.C[C@@H]1CCN1C.Cc1c(-c2c(Cl)cc3c(N4CC5CCC(C4)N5)nc(=O)[nH]c3c2F)c2c(C#N)c(N)ccc2n1C. The van der Waals surface area contributed by atoms with Crippen LogP contribution < -0.4 is 21.6 Å². The van der Waals surface area contributed by atoms with Gasteiger partial charge in [-0.15, -0.1) is 0 Å². The first-order valence-electron chi connectivity index (χ1n) is 15.0. The van der Waals surface area contributed by atoms with Crippen LogP contribution in [-0.2, 0) is 7.05 Å². The van der Waals surface area contributed by atoms with Crippen LogP contribution in [0.25, 0.3) is 32.9 Å². The number of aryl methyl sites for hydroxylation is 1. The Labute approximate surface area is 256 Å². The molecule has 3 atom stereocenters. The highest BCUT2D eigenvalue weighted by Crippen LogP contribution is 2.44. The minimum atomic E-state index is -0.659. The van der Waals surface area contributed by atoms with Crippen molar-refractivity contribution in [2.45, 2.75) is 65.1 Å². The van der Waals surface area contributed by atoms with Gasteiger partial charge in [0.2, 0.25) is 0 Å². The molecule has 4 aromatic rings. The summed E-state index contributed by atoms with van der Waals surface area (Å²) in [6.45, 7) is 10.8. The molecule has 2 bridgehead atoms. The predicted molar refractivity (Wildman–Crippen MR) is 173 cm³/mol. The van der Waals surface area contributed by atoms with E-state index >= 15 is 4.39 Å². The van der Waals surface area contributed by atoms with Crippen LogP contribution in [0.2, 0.25) is 5.02 Å². The highest BCUT2D eigenvalue weighted by Gasteiger charge is 2.34. The summed E-state index contributed by atoms with van der Waals surface area (Å²) in [7, 11) is 4.00. The first kappa shape index (κ1) is 30.8. The number of H-pyrrole nitrogens is 1. The van der Waals surface area contributed by atoms with Crippen LogP contribution in [0.3, 0.4) is 0 Å². The van der Waals surface area contributed by atoms with Crippen LogP contribution in [0, 0.1) is 24.1 Å². The topological polar surface area (TPSA) is 119 Å². The summed E-state index contributed by atoms with van der Waals surface area (Å²) in [5.74, 6) is -0.223. The standard InChI is InChI=1S/C25H23ClFN7O.C5H11N.C2H6/c1-11-19(20-15(8-28)17(29)5-6-18(20)33(11)2)21-16(26)7-14-23(22(21)27)31-25(35)32-24(14)34-9-12-3-4-13(10-34)30-12;1-5-3-4-6(5)2;1-2/h5-7,12-13,30H,3-4,9-10,29H2,1-2H3,(H,31,32,35);5H,3-4H2,1-2H3;1-2H3/t;5-;/m.1./s1. The Morgan fingerprint density at radius 2 is 1.79 bits per heavy atom. The summed E-state index contributed by atoms with van der Waals surface area (Å²) in [6.07, 6.45) is 3.52. The Morgan fingerprint density at radius 1 is 1.14 bits per heavy atom. The van der Waals surface area contributed by atoms with Gasteiger partial charge in [0, 0.05) is 65.9 Å². The van der Waals surface area contributed by atoms with Crippen molar-refractivity contribution in [3.05, 3.63) is 50.8 Å². The number of hydrogen-bond donors (Lipinski definition) is 3. The molecule has 7 rings (SSSR count). The lowest BCUT2D eigenvalue weighted by atomic mass is 9.96. The zero-order valence-corrected chi connectivity index (χ0v) is 26.4. The molecule has 5 heterocycles. The molecule has 0 saturated carbocycles. The number of benzene rings is 2. The molecule has 3 aliphatic rings. The number of nitrogen functional groups attached to an aromatic ring is 1. The summed E-state index contributed by atoms with van der Waals surface area (Å²) in [4.78, 5) is 23.8. The highest BCUT2D eigenvalue weighted by atomic mass is 35.5. The van der Waals surface area contributed by atoms with Crippen molar-refractivity contribution in [1.82, 2.24) is 24.8 Å². The van der Waals surface area contributed by atoms with Crippen LogP contribution in [0.4, 0.5) is 15.9 Å². The molecular formula is C32H40ClFN8O. The van der Waals surface area contributed by atoms with Gasteiger partial charge in [-0.2, -0.15) is 10.2 Å². The lowest BCUT2D eigenvalue weighted by Crippen LogP contribution is -2.51. The molecule has 0 aliphatic carbocycles. The Bertz CT molecular complexity index is 1770. The summed E-state index contributed by atoms with van der Waals surface area (Å²) >= 11 is 6.77. The number of hydrogen-bond acceptors (Lipinski definition) is 7. The molecule has 2 unspecified atom stereocenters. The highest BCUT2D eigenvalue weighted by molar-refractivity contribution is 6.35. The zero-order valence-electron chi connectivity index (χ0n) is 25.7. The molecule has 4 N–H and O–H groups in total. The number of aromatic nitrogens is 3. The van der Waals surface area contributed by atoms with Crippen molar-refractivity contribution in [3.8, 4) is 17.2 Å². The number of aromatic amines is 1. The van der Waals surface area contributed by atoms with Gasteiger partial charge in [-0.25, -0.2) is 9.18 Å². The molecule has 3 fully saturated rings. The van der Waals surface area contributed by atoms with Gasteiger partial charge in [0.25, 0.3) is 0 Å². The molecule has 2 aromatic heterocycles. The molecule has 3 saturated heterocycles. The number of fused-ring (bicyclic) bond motifs is 4. The normalized spacial score (nSPS) is 21.1. The third-order valence-corrected chi connectivity index (χ3v) is 9.42. The van der Waals surface area contributed by atoms with Gasteiger partial charge in [0.15, 0.2) is 5.82 Å². The van der Waals surface area contributed by atoms with Gasteiger partial charge >= 0.3 is 5.69 Å². The lowest BCUT2D eigenvalue weighted by Gasteiger charge is -2.34. The quantitative estimate of drug-likeness (QED) is 0.264. The number of rotatable bonds is 2. The average molecular weight is 607 g/mol. The van der Waals surface area contributed by atoms with E-state index in [1.807, 2.05) is 37.3 Å². The maximum atomic E-state index is 16.3.